The van der Waals surface area contributed by atoms with E-state index in [0.29, 0.717) is 54.9 Å². The average molecular weight is 454 g/mol. The molecule has 0 radical (unpaired) electrons. The second-order valence-corrected chi connectivity index (χ2v) is 7.79. The molecule has 0 saturated carbocycles. The summed E-state index contributed by atoms with van der Waals surface area (Å²) in [6, 6.07) is 6.44. The van der Waals surface area contributed by atoms with Gasteiger partial charge in [-0.3, -0.25) is 14.5 Å². The highest BCUT2D eigenvalue weighted by Gasteiger charge is 2.23. The van der Waals surface area contributed by atoms with Gasteiger partial charge in [0.25, 0.3) is 11.5 Å². The number of rotatable bonds is 4. The Balaban J connectivity index is 1.31. The number of hydrogen-bond donors (Lipinski definition) is 2. The molecule has 1 fully saturated rings. The summed E-state index contributed by atoms with van der Waals surface area (Å²) in [7, 11) is 1.46. The highest BCUT2D eigenvalue weighted by molar-refractivity contribution is 6.01. The van der Waals surface area contributed by atoms with Gasteiger partial charge in [-0.2, -0.15) is 4.39 Å². The predicted octanol–water partition coefficient (Wildman–Crippen LogP) is 2.02. The number of nitrogens with zero attached hydrogens (tertiary/aromatic N) is 4. The number of fused-ring (bicyclic) bond motifs is 3. The van der Waals surface area contributed by atoms with Gasteiger partial charge in [0, 0.05) is 50.7 Å². The molecule has 1 aliphatic heterocycles. The number of pyridine rings is 2. The third kappa shape index (κ3) is 3.69. The van der Waals surface area contributed by atoms with Crippen LogP contribution < -0.4 is 15.8 Å². The van der Waals surface area contributed by atoms with Gasteiger partial charge in [0.2, 0.25) is 11.5 Å². The number of anilines is 1. The van der Waals surface area contributed by atoms with Gasteiger partial charge in [0.1, 0.15) is 11.2 Å². The molecule has 5 rings (SSSR count). The molecule has 1 saturated heterocycles. The summed E-state index contributed by atoms with van der Waals surface area (Å²) < 4.78 is 34.8. The van der Waals surface area contributed by atoms with Crippen LogP contribution >= 0.6 is 0 Å². The van der Waals surface area contributed by atoms with Crippen molar-refractivity contribution in [3.05, 3.63) is 64.0 Å². The van der Waals surface area contributed by atoms with Crippen LogP contribution in [0.4, 0.5) is 14.5 Å². The summed E-state index contributed by atoms with van der Waals surface area (Å²) in [5.74, 6) is -1.65. The highest BCUT2D eigenvalue weighted by Crippen LogP contribution is 2.26. The Morgan fingerprint density at radius 3 is 2.70 bits per heavy atom. The Hall–Kier alpha value is -3.86. The van der Waals surface area contributed by atoms with Gasteiger partial charge in [-0.05, 0) is 12.1 Å². The van der Waals surface area contributed by atoms with E-state index in [4.69, 9.17) is 4.42 Å². The van der Waals surface area contributed by atoms with Crippen LogP contribution in [0.25, 0.3) is 22.0 Å². The van der Waals surface area contributed by atoms with Gasteiger partial charge in [0.15, 0.2) is 12.2 Å². The van der Waals surface area contributed by atoms with E-state index in [-0.39, 0.29) is 16.8 Å². The summed E-state index contributed by atoms with van der Waals surface area (Å²) in [5.41, 5.74) is 0.747. The normalized spacial score (nSPS) is 14.8. The molecule has 1 aliphatic rings. The van der Waals surface area contributed by atoms with Gasteiger partial charge in [-0.1, -0.05) is 12.1 Å². The van der Waals surface area contributed by atoms with Crippen LogP contribution in [0, 0.1) is 11.8 Å². The molecule has 4 aromatic rings. The van der Waals surface area contributed by atoms with Gasteiger partial charge >= 0.3 is 0 Å². The summed E-state index contributed by atoms with van der Waals surface area (Å²) in [6.07, 6.45) is 1.16. The first-order valence-corrected chi connectivity index (χ1v) is 10.4. The zero-order valence-corrected chi connectivity index (χ0v) is 17.7. The molecule has 4 heterocycles. The van der Waals surface area contributed by atoms with E-state index in [0.717, 1.165) is 6.39 Å². The van der Waals surface area contributed by atoms with Crippen molar-refractivity contribution in [1.29, 1.82) is 0 Å². The maximum absolute atomic E-state index is 15.2. The number of oxazole rings is 1. The summed E-state index contributed by atoms with van der Waals surface area (Å²) in [6.45, 7) is 2.53. The van der Waals surface area contributed by atoms with E-state index in [1.165, 1.54) is 13.1 Å². The number of H-pyrrole nitrogens is 1. The maximum atomic E-state index is 15.2. The number of aromatic nitrogens is 3. The number of amides is 1. The van der Waals surface area contributed by atoms with Crippen molar-refractivity contribution in [3.8, 4) is 0 Å². The van der Waals surface area contributed by atoms with Gasteiger partial charge in [0.05, 0.1) is 11.2 Å². The molecule has 0 unspecified atom stereocenters. The first-order valence-electron chi connectivity index (χ1n) is 10.4. The van der Waals surface area contributed by atoms with Crippen molar-refractivity contribution in [3.63, 3.8) is 0 Å². The monoisotopic (exact) mass is 454 g/mol. The Labute approximate surface area is 186 Å². The Morgan fingerprint density at radius 1 is 1.18 bits per heavy atom. The van der Waals surface area contributed by atoms with Crippen LogP contribution in [0.5, 0.6) is 0 Å². The van der Waals surface area contributed by atoms with Crippen LogP contribution in [0.3, 0.4) is 0 Å². The van der Waals surface area contributed by atoms with Crippen molar-refractivity contribution in [2.24, 2.45) is 0 Å². The van der Waals surface area contributed by atoms with Crippen molar-refractivity contribution in [1.82, 2.24) is 25.2 Å². The number of hydrogen-bond acceptors (Lipinski definition) is 7. The summed E-state index contributed by atoms with van der Waals surface area (Å²) >= 11 is 0. The first-order chi connectivity index (χ1) is 16.0. The molecular formula is C22H20F2N6O3. The highest BCUT2D eigenvalue weighted by atomic mass is 19.1. The summed E-state index contributed by atoms with van der Waals surface area (Å²) in [5, 5.41) is 2.89. The van der Waals surface area contributed by atoms with Crippen LogP contribution in [-0.2, 0) is 6.54 Å². The molecular weight excluding hydrogens is 434 g/mol. The fraction of sp³-hybridized carbons (Fsp3) is 0.273. The number of benzene rings is 1. The standard InChI is InChI=1S/C22H20F2N6O3/c1-25-21(31)14-4-5-15(20(24)27-14)30-8-6-29(7-9-30)10-12-2-3-13-17(16(12)23)28-22(32)19-18(13)26-11-33-19/h2-5,11H,6-10H2,1H3,(H,25,31)(H,28,32). The minimum atomic E-state index is -0.701. The molecule has 0 aliphatic carbocycles. The van der Waals surface area contributed by atoms with E-state index in [1.807, 2.05) is 4.90 Å². The molecule has 0 spiro atoms. The number of halogens is 2. The number of carbonyl (C=O) groups excluding carboxylic acids is 1. The minimum Gasteiger partial charge on any atom is -0.438 e. The van der Waals surface area contributed by atoms with E-state index >= 15 is 4.39 Å². The van der Waals surface area contributed by atoms with Crippen LogP contribution in [0.1, 0.15) is 16.1 Å². The molecule has 2 N–H and O–H groups in total. The molecule has 11 heteroatoms. The van der Waals surface area contributed by atoms with Gasteiger partial charge < -0.3 is 19.6 Å². The van der Waals surface area contributed by atoms with E-state index in [1.54, 1.807) is 18.2 Å². The molecule has 33 heavy (non-hydrogen) atoms. The van der Waals surface area contributed by atoms with Gasteiger partial charge in [-0.25, -0.2) is 14.4 Å². The zero-order chi connectivity index (χ0) is 23.1. The topological polar surface area (TPSA) is 107 Å². The minimum absolute atomic E-state index is 0.0186. The Morgan fingerprint density at radius 2 is 1.97 bits per heavy atom. The fourth-order valence-corrected chi connectivity index (χ4v) is 4.14. The average Bonchev–Trinajstić information content (AvgIpc) is 3.32. The quantitative estimate of drug-likeness (QED) is 0.455. The molecule has 0 atom stereocenters. The van der Waals surface area contributed by atoms with Crippen molar-refractivity contribution >= 4 is 33.6 Å². The van der Waals surface area contributed by atoms with E-state index < -0.39 is 23.2 Å². The lowest BCUT2D eigenvalue weighted by atomic mass is 10.1. The van der Waals surface area contributed by atoms with Crippen molar-refractivity contribution in [2.75, 3.05) is 38.1 Å². The molecule has 0 bridgehead atoms. The SMILES string of the molecule is CNC(=O)c1ccc(N2CCN(Cc3ccc4c([nH]c(=O)c5ocnc54)c3F)CC2)c(F)n1. The van der Waals surface area contributed by atoms with Crippen molar-refractivity contribution < 1.29 is 18.0 Å². The molecule has 9 nitrogen and oxygen atoms in total. The number of carbonyl (C=O) groups is 1. The third-order valence-electron chi connectivity index (χ3n) is 5.88. The second-order valence-electron chi connectivity index (χ2n) is 7.79. The lowest BCUT2D eigenvalue weighted by molar-refractivity contribution is 0.0957. The number of nitrogens with one attached hydrogen (secondary N) is 2. The maximum Gasteiger partial charge on any atom is 0.293 e. The molecule has 170 valence electrons. The smallest absolute Gasteiger partial charge is 0.293 e. The largest absolute Gasteiger partial charge is 0.438 e. The number of aromatic amines is 1. The Kier molecular flexibility index (Phi) is 5.25. The summed E-state index contributed by atoms with van der Waals surface area (Å²) in [4.78, 5) is 38.0. The number of piperazine rings is 1. The molecule has 3 aromatic heterocycles. The van der Waals surface area contributed by atoms with Crippen LogP contribution in [0.2, 0.25) is 0 Å². The Bertz CT molecular complexity index is 1430. The van der Waals surface area contributed by atoms with Crippen molar-refractivity contribution in [2.45, 2.75) is 6.54 Å². The zero-order valence-electron chi connectivity index (χ0n) is 17.7. The van der Waals surface area contributed by atoms with Crippen LogP contribution in [0.15, 0.2) is 39.9 Å². The lowest BCUT2D eigenvalue weighted by Gasteiger charge is -2.36. The second kappa shape index (κ2) is 8.24. The predicted molar refractivity (Wildman–Crippen MR) is 117 cm³/mol. The first kappa shape index (κ1) is 21.0. The third-order valence-corrected chi connectivity index (χ3v) is 5.88. The lowest BCUT2D eigenvalue weighted by Crippen LogP contribution is -2.46. The molecule has 1 amide bonds. The van der Waals surface area contributed by atoms with Crippen LogP contribution in [-0.4, -0.2) is 59.0 Å². The molecule has 1 aromatic carbocycles. The fourth-order valence-electron chi connectivity index (χ4n) is 4.14. The van der Waals surface area contributed by atoms with E-state index in [2.05, 4.69) is 25.2 Å². The van der Waals surface area contributed by atoms with E-state index in [9.17, 15) is 14.0 Å². The van der Waals surface area contributed by atoms with Gasteiger partial charge in [-0.15, -0.1) is 0 Å².